The topological polar surface area (TPSA) is 49.8 Å². The maximum absolute atomic E-state index is 12.8. The standard InChI is InChI=1S/C16H23NO3/c1-4-17(5-2)15(19)16(10-13(16)11-18)12-6-8-14(20-3)9-7-12/h6-9,13,18H,4-5,10-11H2,1-3H3. The van der Waals surface area contributed by atoms with Crippen LogP contribution < -0.4 is 4.74 Å². The number of likely N-dealkylation sites (N-methyl/N-ethyl adjacent to an activating group) is 1. The van der Waals surface area contributed by atoms with Crippen molar-refractivity contribution in [2.45, 2.75) is 25.7 Å². The Labute approximate surface area is 120 Å². The number of carbonyl (C=O) groups excluding carboxylic acids is 1. The van der Waals surface area contributed by atoms with Crippen molar-refractivity contribution >= 4 is 5.91 Å². The Hall–Kier alpha value is -1.55. The van der Waals surface area contributed by atoms with Gasteiger partial charge in [0.05, 0.1) is 12.5 Å². The number of rotatable bonds is 6. The van der Waals surface area contributed by atoms with Crippen LogP contribution in [0, 0.1) is 5.92 Å². The Kier molecular flexibility index (Phi) is 4.33. The van der Waals surface area contributed by atoms with Crippen LogP contribution in [0.1, 0.15) is 25.8 Å². The zero-order valence-electron chi connectivity index (χ0n) is 12.4. The summed E-state index contributed by atoms with van der Waals surface area (Å²) in [5.74, 6) is 0.941. The Morgan fingerprint density at radius 2 is 1.95 bits per heavy atom. The Bertz CT molecular complexity index is 467. The fourth-order valence-electron chi connectivity index (χ4n) is 2.97. The third-order valence-corrected chi connectivity index (χ3v) is 4.36. The van der Waals surface area contributed by atoms with E-state index < -0.39 is 5.41 Å². The number of aliphatic hydroxyl groups is 1. The Morgan fingerprint density at radius 1 is 1.35 bits per heavy atom. The van der Waals surface area contributed by atoms with E-state index in [0.717, 1.165) is 17.7 Å². The second-order valence-electron chi connectivity index (χ2n) is 5.26. The van der Waals surface area contributed by atoms with Crippen LogP contribution >= 0.6 is 0 Å². The van der Waals surface area contributed by atoms with Crippen molar-refractivity contribution in [2.75, 3.05) is 26.8 Å². The van der Waals surface area contributed by atoms with Crippen LogP contribution in [-0.2, 0) is 10.2 Å². The Balaban J connectivity index is 2.32. The normalized spacial score (nSPS) is 24.3. The number of aliphatic hydroxyl groups excluding tert-OH is 1. The van der Waals surface area contributed by atoms with Gasteiger partial charge in [-0.05, 0) is 38.0 Å². The third kappa shape index (κ3) is 2.29. The van der Waals surface area contributed by atoms with Crippen LogP contribution in [0.15, 0.2) is 24.3 Å². The number of benzene rings is 1. The number of ether oxygens (including phenoxy) is 1. The summed E-state index contributed by atoms with van der Waals surface area (Å²) in [6.45, 7) is 5.43. The second-order valence-corrected chi connectivity index (χ2v) is 5.26. The van der Waals surface area contributed by atoms with Crippen molar-refractivity contribution in [2.24, 2.45) is 5.92 Å². The summed E-state index contributed by atoms with van der Waals surface area (Å²) in [5, 5.41) is 9.48. The van der Waals surface area contributed by atoms with E-state index in [2.05, 4.69) is 0 Å². The van der Waals surface area contributed by atoms with Gasteiger partial charge < -0.3 is 14.7 Å². The molecule has 0 spiro atoms. The van der Waals surface area contributed by atoms with Gasteiger partial charge in [-0.2, -0.15) is 0 Å². The molecular weight excluding hydrogens is 254 g/mol. The molecule has 0 saturated heterocycles. The molecule has 1 fully saturated rings. The molecule has 1 aliphatic rings. The van der Waals surface area contributed by atoms with E-state index in [0.29, 0.717) is 13.1 Å². The summed E-state index contributed by atoms with van der Waals surface area (Å²) in [4.78, 5) is 14.6. The number of amides is 1. The molecule has 1 aromatic carbocycles. The molecule has 2 rings (SSSR count). The number of methoxy groups -OCH3 is 1. The second kappa shape index (κ2) is 5.83. The van der Waals surface area contributed by atoms with E-state index in [1.54, 1.807) is 7.11 Å². The lowest BCUT2D eigenvalue weighted by Crippen LogP contribution is -2.40. The molecule has 1 amide bonds. The van der Waals surface area contributed by atoms with Gasteiger partial charge in [-0.25, -0.2) is 0 Å². The van der Waals surface area contributed by atoms with E-state index in [4.69, 9.17) is 4.74 Å². The van der Waals surface area contributed by atoms with Gasteiger partial charge in [-0.1, -0.05) is 12.1 Å². The zero-order chi connectivity index (χ0) is 14.8. The summed E-state index contributed by atoms with van der Waals surface area (Å²) in [6, 6.07) is 7.63. The van der Waals surface area contributed by atoms with Gasteiger partial charge in [0.15, 0.2) is 0 Å². The predicted octanol–water partition coefficient (Wildman–Crippen LogP) is 1.81. The molecule has 0 aliphatic heterocycles. The predicted molar refractivity (Wildman–Crippen MR) is 77.8 cm³/mol. The van der Waals surface area contributed by atoms with Gasteiger partial charge in [0, 0.05) is 25.6 Å². The maximum Gasteiger partial charge on any atom is 0.233 e. The highest BCUT2D eigenvalue weighted by Crippen LogP contribution is 2.55. The van der Waals surface area contributed by atoms with Crippen LogP contribution in [0.25, 0.3) is 0 Å². The molecule has 2 unspecified atom stereocenters. The third-order valence-electron chi connectivity index (χ3n) is 4.36. The van der Waals surface area contributed by atoms with Crippen molar-refractivity contribution in [1.82, 2.24) is 4.90 Å². The fraction of sp³-hybridized carbons (Fsp3) is 0.562. The monoisotopic (exact) mass is 277 g/mol. The highest BCUT2D eigenvalue weighted by Gasteiger charge is 2.61. The molecule has 0 heterocycles. The maximum atomic E-state index is 12.8. The molecule has 0 radical (unpaired) electrons. The number of carbonyl (C=O) groups is 1. The minimum Gasteiger partial charge on any atom is -0.497 e. The van der Waals surface area contributed by atoms with E-state index in [1.807, 2.05) is 43.0 Å². The molecule has 0 bridgehead atoms. The van der Waals surface area contributed by atoms with E-state index in [1.165, 1.54) is 0 Å². The number of hydrogen-bond donors (Lipinski definition) is 1. The minimum absolute atomic E-state index is 0.0315. The molecule has 1 aliphatic carbocycles. The van der Waals surface area contributed by atoms with Crippen molar-refractivity contribution in [3.63, 3.8) is 0 Å². The summed E-state index contributed by atoms with van der Waals surface area (Å²) in [7, 11) is 1.62. The highest BCUT2D eigenvalue weighted by atomic mass is 16.5. The number of hydrogen-bond acceptors (Lipinski definition) is 3. The summed E-state index contributed by atoms with van der Waals surface area (Å²) < 4.78 is 5.16. The summed E-state index contributed by atoms with van der Waals surface area (Å²) >= 11 is 0. The molecule has 4 nitrogen and oxygen atoms in total. The minimum atomic E-state index is -0.535. The lowest BCUT2D eigenvalue weighted by atomic mass is 9.91. The molecule has 4 heteroatoms. The van der Waals surface area contributed by atoms with Crippen molar-refractivity contribution in [1.29, 1.82) is 0 Å². The van der Waals surface area contributed by atoms with Crippen LogP contribution in [0.5, 0.6) is 5.75 Å². The van der Waals surface area contributed by atoms with Gasteiger partial charge in [-0.3, -0.25) is 4.79 Å². The molecule has 1 N–H and O–H groups in total. The van der Waals surface area contributed by atoms with Crippen molar-refractivity contribution in [3.8, 4) is 5.75 Å². The largest absolute Gasteiger partial charge is 0.497 e. The van der Waals surface area contributed by atoms with Crippen LogP contribution in [0.4, 0.5) is 0 Å². The molecule has 2 atom stereocenters. The quantitative estimate of drug-likeness (QED) is 0.863. The van der Waals surface area contributed by atoms with Crippen LogP contribution in [0.2, 0.25) is 0 Å². The SMILES string of the molecule is CCN(CC)C(=O)C1(c2ccc(OC)cc2)CC1CO. The first kappa shape index (κ1) is 14.9. The van der Waals surface area contributed by atoms with E-state index in [9.17, 15) is 9.90 Å². The molecule has 110 valence electrons. The lowest BCUT2D eigenvalue weighted by molar-refractivity contribution is -0.134. The Morgan fingerprint density at radius 3 is 2.35 bits per heavy atom. The average molecular weight is 277 g/mol. The van der Waals surface area contributed by atoms with Crippen LogP contribution in [-0.4, -0.2) is 42.7 Å². The molecule has 20 heavy (non-hydrogen) atoms. The van der Waals surface area contributed by atoms with E-state index in [-0.39, 0.29) is 18.4 Å². The van der Waals surface area contributed by atoms with Gasteiger partial charge in [0.1, 0.15) is 5.75 Å². The summed E-state index contributed by atoms with van der Waals surface area (Å²) in [5.41, 5.74) is 0.446. The van der Waals surface area contributed by atoms with Gasteiger partial charge in [0.25, 0.3) is 0 Å². The van der Waals surface area contributed by atoms with Crippen molar-refractivity contribution < 1.29 is 14.6 Å². The molecule has 1 aromatic rings. The zero-order valence-corrected chi connectivity index (χ0v) is 12.4. The first-order valence-electron chi connectivity index (χ1n) is 7.18. The first-order valence-corrected chi connectivity index (χ1v) is 7.18. The molecule has 0 aromatic heterocycles. The molecule has 1 saturated carbocycles. The lowest BCUT2D eigenvalue weighted by Gasteiger charge is -2.26. The van der Waals surface area contributed by atoms with Crippen molar-refractivity contribution in [3.05, 3.63) is 29.8 Å². The van der Waals surface area contributed by atoms with E-state index >= 15 is 0 Å². The smallest absolute Gasteiger partial charge is 0.233 e. The van der Waals surface area contributed by atoms with Crippen LogP contribution in [0.3, 0.4) is 0 Å². The summed E-state index contributed by atoms with van der Waals surface area (Å²) in [6.07, 6.45) is 0.727. The van der Waals surface area contributed by atoms with Gasteiger partial charge in [-0.15, -0.1) is 0 Å². The first-order chi connectivity index (χ1) is 9.63. The van der Waals surface area contributed by atoms with Gasteiger partial charge >= 0.3 is 0 Å². The van der Waals surface area contributed by atoms with Gasteiger partial charge in [0.2, 0.25) is 5.91 Å². The number of nitrogens with zero attached hydrogens (tertiary/aromatic N) is 1. The fourth-order valence-corrected chi connectivity index (χ4v) is 2.97. The highest BCUT2D eigenvalue weighted by molar-refractivity contribution is 5.92. The average Bonchev–Trinajstić information content (AvgIpc) is 3.24. The molecular formula is C16H23NO3.